The van der Waals surface area contributed by atoms with Crippen molar-refractivity contribution in [2.45, 2.75) is 20.0 Å². The van der Waals surface area contributed by atoms with Gasteiger partial charge in [-0.2, -0.15) is 0 Å². The van der Waals surface area contributed by atoms with Crippen LogP contribution in [0.2, 0.25) is 0 Å². The predicted molar refractivity (Wildman–Crippen MR) is 86.8 cm³/mol. The number of nitrogens with one attached hydrogen (secondary N) is 1. The summed E-state index contributed by atoms with van der Waals surface area (Å²) in [4.78, 5) is 16.3. The van der Waals surface area contributed by atoms with E-state index >= 15 is 0 Å². The first-order valence-corrected chi connectivity index (χ1v) is 7.35. The number of ether oxygens (including phenoxy) is 1. The lowest BCUT2D eigenvalue weighted by molar-refractivity contribution is -0.122. The largest absolute Gasteiger partial charge is 0.481 e. The first-order chi connectivity index (χ1) is 11.6. The Bertz CT molecular complexity index is 800. The zero-order valence-corrected chi connectivity index (χ0v) is 13.2. The minimum absolute atomic E-state index is 0.268. The minimum atomic E-state index is -0.660. The molecule has 122 valence electrons. The third-order valence-corrected chi connectivity index (χ3v) is 3.29. The van der Waals surface area contributed by atoms with Crippen molar-refractivity contribution in [3.8, 4) is 11.4 Å². The molecule has 2 aromatic heterocycles. The molecule has 0 aliphatic carbocycles. The molecule has 2 heterocycles. The number of aromatic nitrogens is 5. The van der Waals surface area contributed by atoms with E-state index in [0.29, 0.717) is 11.6 Å². The van der Waals surface area contributed by atoms with Gasteiger partial charge in [-0.1, -0.05) is 6.07 Å². The van der Waals surface area contributed by atoms with Gasteiger partial charge < -0.3 is 10.1 Å². The second-order valence-electron chi connectivity index (χ2n) is 5.22. The quantitative estimate of drug-likeness (QED) is 0.768. The van der Waals surface area contributed by atoms with Crippen LogP contribution in [0.5, 0.6) is 5.75 Å². The number of carbonyl (C=O) groups is 1. The number of aryl methyl sites for hydroxylation is 1. The molecule has 0 fully saturated rings. The van der Waals surface area contributed by atoms with E-state index in [2.05, 4.69) is 25.8 Å². The third-order valence-electron chi connectivity index (χ3n) is 3.29. The lowest BCUT2D eigenvalue weighted by atomic mass is 10.3. The molecule has 1 amide bonds. The van der Waals surface area contributed by atoms with Crippen molar-refractivity contribution in [3.05, 3.63) is 54.5 Å². The maximum atomic E-state index is 12.1. The van der Waals surface area contributed by atoms with Gasteiger partial charge in [0.05, 0.1) is 5.69 Å². The van der Waals surface area contributed by atoms with Gasteiger partial charge in [0.15, 0.2) is 6.10 Å². The fourth-order valence-corrected chi connectivity index (χ4v) is 1.98. The number of pyridine rings is 1. The first kappa shape index (κ1) is 15.6. The molecular formula is C16H16N6O2. The average molecular weight is 324 g/mol. The van der Waals surface area contributed by atoms with Crippen LogP contribution >= 0.6 is 0 Å². The van der Waals surface area contributed by atoms with E-state index in [1.165, 1.54) is 11.0 Å². The zero-order chi connectivity index (χ0) is 16.9. The van der Waals surface area contributed by atoms with Crippen LogP contribution in [-0.4, -0.2) is 37.2 Å². The van der Waals surface area contributed by atoms with Gasteiger partial charge in [-0.05, 0) is 60.2 Å². The van der Waals surface area contributed by atoms with Gasteiger partial charge in [0.25, 0.3) is 5.91 Å². The maximum absolute atomic E-state index is 12.1. The van der Waals surface area contributed by atoms with Crippen molar-refractivity contribution in [3.63, 3.8) is 0 Å². The molecule has 0 saturated carbocycles. The van der Waals surface area contributed by atoms with Crippen LogP contribution in [0.25, 0.3) is 5.69 Å². The molecule has 0 unspecified atom stereocenters. The molecule has 0 radical (unpaired) electrons. The summed E-state index contributed by atoms with van der Waals surface area (Å²) in [5, 5.41) is 13.7. The Morgan fingerprint density at radius 2 is 2.00 bits per heavy atom. The topological polar surface area (TPSA) is 94.8 Å². The molecule has 0 bridgehead atoms. The number of anilines is 1. The number of nitrogens with zero attached hydrogens (tertiary/aromatic N) is 5. The Hall–Kier alpha value is -3.29. The van der Waals surface area contributed by atoms with E-state index in [9.17, 15) is 4.79 Å². The molecule has 3 aromatic rings. The van der Waals surface area contributed by atoms with Crippen LogP contribution in [0.4, 0.5) is 5.82 Å². The predicted octanol–water partition coefficient (Wildman–Crippen LogP) is 1.77. The third kappa shape index (κ3) is 3.72. The van der Waals surface area contributed by atoms with Crippen molar-refractivity contribution in [1.82, 2.24) is 25.2 Å². The zero-order valence-electron chi connectivity index (χ0n) is 13.2. The van der Waals surface area contributed by atoms with E-state index in [1.807, 2.05) is 13.0 Å². The van der Waals surface area contributed by atoms with Gasteiger partial charge in [-0.3, -0.25) is 4.79 Å². The summed E-state index contributed by atoms with van der Waals surface area (Å²) >= 11 is 0. The highest BCUT2D eigenvalue weighted by Crippen LogP contribution is 2.16. The smallest absolute Gasteiger partial charge is 0.266 e. The summed E-state index contributed by atoms with van der Waals surface area (Å²) in [6, 6.07) is 10.7. The van der Waals surface area contributed by atoms with E-state index in [0.717, 1.165) is 11.3 Å². The van der Waals surface area contributed by atoms with E-state index in [-0.39, 0.29) is 5.91 Å². The summed E-state index contributed by atoms with van der Waals surface area (Å²) < 4.78 is 7.17. The van der Waals surface area contributed by atoms with Crippen molar-refractivity contribution in [2.24, 2.45) is 0 Å². The second kappa shape index (κ2) is 6.86. The van der Waals surface area contributed by atoms with Gasteiger partial charge in [-0.15, -0.1) is 5.10 Å². The molecule has 0 aliphatic heterocycles. The minimum Gasteiger partial charge on any atom is -0.481 e. The van der Waals surface area contributed by atoms with Crippen molar-refractivity contribution < 1.29 is 9.53 Å². The standard InChI is InChI=1S/C16H16N6O2/c1-11-3-8-15(17-9-11)19-16(23)12(2)24-14-6-4-13(5-7-14)22-10-18-20-21-22/h3-10,12H,1-2H3,(H,17,19,23)/t12-/m0/s1. The van der Waals surface area contributed by atoms with Crippen LogP contribution in [-0.2, 0) is 4.79 Å². The molecule has 8 nitrogen and oxygen atoms in total. The van der Waals surface area contributed by atoms with Crippen molar-refractivity contribution in [2.75, 3.05) is 5.32 Å². The highest BCUT2D eigenvalue weighted by atomic mass is 16.5. The molecule has 1 aromatic carbocycles. The van der Waals surface area contributed by atoms with Crippen LogP contribution in [0.1, 0.15) is 12.5 Å². The molecule has 0 spiro atoms. The van der Waals surface area contributed by atoms with Gasteiger partial charge in [0.1, 0.15) is 17.9 Å². The molecule has 0 aliphatic rings. The molecule has 0 saturated heterocycles. The summed E-state index contributed by atoms with van der Waals surface area (Å²) in [5.74, 6) is 0.803. The second-order valence-corrected chi connectivity index (χ2v) is 5.22. The van der Waals surface area contributed by atoms with E-state index < -0.39 is 6.10 Å². The van der Waals surface area contributed by atoms with Crippen molar-refractivity contribution in [1.29, 1.82) is 0 Å². The van der Waals surface area contributed by atoms with E-state index in [1.54, 1.807) is 43.5 Å². The Morgan fingerprint density at radius 3 is 2.62 bits per heavy atom. The number of rotatable bonds is 5. The van der Waals surface area contributed by atoms with Gasteiger partial charge in [-0.25, -0.2) is 9.67 Å². The fraction of sp³-hybridized carbons (Fsp3) is 0.188. The van der Waals surface area contributed by atoms with E-state index in [4.69, 9.17) is 4.74 Å². The Kier molecular flexibility index (Phi) is 4.46. The summed E-state index contributed by atoms with van der Waals surface area (Å²) in [5.41, 5.74) is 1.83. The molecule has 8 heteroatoms. The molecule has 1 N–H and O–H groups in total. The average Bonchev–Trinajstić information content (AvgIpc) is 3.12. The summed E-state index contributed by atoms with van der Waals surface area (Å²) in [7, 11) is 0. The first-order valence-electron chi connectivity index (χ1n) is 7.35. The highest BCUT2D eigenvalue weighted by Gasteiger charge is 2.15. The number of tetrazole rings is 1. The monoisotopic (exact) mass is 324 g/mol. The van der Waals surface area contributed by atoms with Crippen LogP contribution in [0.3, 0.4) is 0 Å². The SMILES string of the molecule is Cc1ccc(NC(=O)[C@H](C)Oc2ccc(-n3cnnn3)cc2)nc1. The van der Waals surface area contributed by atoms with Crippen LogP contribution < -0.4 is 10.1 Å². The number of carbonyl (C=O) groups excluding carboxylic acids is 1. The Morgan fingerprint density at radius 1 is 1.21 bits per heavy atom. The number of benzene rings is 1. The molecule has 3 rings (SSSR count). The highest BCUT2D eigenvalue weighted by molar-refractivity contribution is 5.93. The van der Waals surface area contributed by atoms with Gasteiger partial charge in [0.2, 0.25) is 0 Å². The lowest BCUT2D eigenvalue weighted by Crippen LogP contribution is -2.30. The Labute approximate surface area is 138 Å². The fourth-order valence-electron chi connectivity index (χ4n) is 1.98. The van der Waals surface area contributed by atoms with Crippen LogP contribution in [0.15, 0.2) is 48.9 Å². The maximum Gasteiger partial charge on any atom is 0.266 e. The van der Waals surface area contributed by atoms with Crippen LogP contribution in [0, 0.1) is 6.92 Å². The lowest BCUT2D eigenvalue weighted by Gasteiger charge is -2.14. The molecule has 24 heavy (non-hydrogen) atoms. The van der Waals surface area contributed by atoms with Gasteiger partial charge in [0, 0.05) is 6.20 Å². The summed E-state index contributed by atoms with van der Waals surface area (Å²) in [6.07, 6.45) is 2.53. The molecule has 1 atom stereocenters. The molecular weight excluding hydrogens is 308 g/mol. The number of amides is 1. The normalized spacial score (nSPS) is 11.8. The van der Waals surface area contributed by atoms with Gasteiger partial charge >= 0.3 is 0 Å². The number of hydrogen-bond donors (Lipinski definition) is 1. The van der Waals surface area contributed by atoms with Crippen molar-refractivity contribution >= 4 is 11.7 Å². The Balaban J connectivity index is 1.60. The summed E-state index contributed by atoms with van der Waals surface area (Å²) in [6.45, 7) is 3.61. The number of hydrogen-bond acceptors (Lipinski definition) is 6.